The van der Waals surface area contributed by atoms with Crippen LogP contribution in [0.5, 0.6) is 0 Å². The SMILES string of the molecule is CCc1ccc(N(CC(=O)Nc2cc(C(F)(F)F)ccc2Cl)S(=O)(=O)c2ccc(C)cc2)cc1. The van der Waals surface area contributed by atoms with Crippen LogP contribution in [0, 0.1) is 6.92 Å². The molecule has 0 aliphatic heterocycles. The molecule has 3 aromatic carbocycles. The molecule has 0 atom stereocenters. The molecule has 0 aliphatic rings. The summed E-state index contributed by atoms with van der Waals surface area (Å²) in [6.45, 7) is 3.08. The molecular weight excluding hydrogens is 489 g/mol. The first kappa shape index (κ1) is 25.6. The molecule has 0 saturated heterocycles. The number of carbonyl (C=O) groups excluding carboxylic acids is 1. The summed E-state index contributed by atoms with van der Waals surface area (Å²) in [5.74, 6) is -0.850. The third-order valence-corrected chi connectivity index (χ3v) is 7.21. The summed E-state index contributed by atoms with van der Waals surface area (Å²) in [5.41, 5.74) is 0.802. The van der Waals surface area contributed by atoms with Crippen LogP contribution in [0.25, 0.3) is 0 Å². The molecule has 10 heteroatoms. The number of nitrogens with zero attached hydrogens (tertiary/aromatic N) is 1. The van der Waals surface area contributed by atoms with Crippen molar-refractivity contribution in [3.63, 3.8) is 0 Å². The summed E-state index contributed by atoms with van der Waals surface area (Å²) in [6.07, 6.45) is -3.90. The average molecular weight is 511 g/mol. The first-order valence-corrected chi connectivity index (χ1v) is 12.1. The summed E-state index contributed by atoms with van der Waals surface area (Å²) in [4.78, 5) is 12.8. The second-order valence-corrected chi connectivity index (χ2v) is 9.85. The van der Waals surface area contributed by atoms with E-state index < -0.39 is 34.2 Å². The highest BCUT2D eigenvalue weighted by molar-refractivity contribution is 7.92. The molecule has 1 amide bonds. The highest BCUT2D eigenvalue weighted by Crippen LogP contribution is 2.34. The number of nitrogens with one attached hydrogen (secondary N) is 1. The summed E-state index contributed by atoms with van der Waals surface area (Å²) in [7, 11) is -4.16. The fourth-order valence-corrected chi connectivity index (χ4v) is 4.75. The number of hydrogen-bond donors (Lipinski definition) is 1. The van der Waals surface area contributed by atoms with E-state index in [1.807, 2.05) is 13.8 Å². The van der Waals surface area contributed by atoms with Crippen LogP contribution in [0.4, 0.5) is 24.5 Å². The number of aryl methyl sites for hydroxylation is 2. The van der Waals surface area contributed by atoms with Crippen LogP contribution in [-0.4, -0.2) is 20.9 Å². The van der Waals surface area contributed by atoms with Gasteiger partial charge in [0.1, 0.15) is 6.54 Å². The van der Waals surface area contributed by atoms with E-state index in [-0.39, 0.29) is 21.3 Å². The van der Waals surface area contributed by atoms with Gasteiger partial charge in [0.15, 0.2) is 0 Å². The zero-order valence-electron chi connectivity index (χ0n) is 18.4. The lowest BCUT2D eigenvalue weighted by Crippen LogP contribution is -2.38. The van der Waals surface area contributed by atoms with Crippen molar-refractivity contribution in [3.05, 3.63) is 88.4 Å². The van der Waals surface area contributed by atoms with E-state index in [2.05, 4.69) is 5.32 Å². The maximum Gasteiger partial charge on any atom is 0.416 e. The van der Waals surface area contributed by atoms with Gasteiger partial charge in [-0.3, -0.25) is 9.10 Å². The van der Waals surface area contributed by atoms with Crippen molar-refractivity contribution in [1.29, 1.82) is 0 Å². The quantitative estimate of drug-likeness (QED) is 0.420. The molecule has 0 bridgehead atoms. The van der Waals surface area contributed by atoms with Crippen molar-refractivity contribution in [2.24, 2.45) is 0 Å². The summed E-state index contributed by atoms with van der Waals surface area (Å²) in [5, 5.41) is 2.19. The first-order chi connectivity index (χ1) is 15.9. The molecule has 3 rings (SSSR count). The van der Waals surface area contributed by atoms with E-state index in [0.717, 1.165) is 34.0 Å². The lowest BCUT2D eigenvalue weighted by Gasteiger charge is -2.24. The van der Waals surface area contributed by atoms with Crippen LogP contribution >= 0.6 is 11.6 Å². The predicted octanol–water partition coefficient (Wildman–Crippen LogP) is 6.06. The Hall–Kier alpha value is -3.04. The van der Waals surface area contributed by atoms with Gasteiger partial charge in [0, 0.05) is 0 Å². The van der Waals surface area contributed by atoms with Crippen LogP contribution in [0.15, 0.2) is 71.6 Å². The fraction of sp³-hybridized carbons (Fsp3) is 0.208. The average Bonchev–Trinajstić information content (AvgIpc) is 2.78. The van der Waals surface area contributed by atoms with E-state index >= 15 is 0 Å². The van der Waals surface area contributed by atoms with Gasteiger partial charge in [0.05, 0.1) is 26.9 Å². The number of sulfonamides is 1. The van der Waals surface area contributed by atoms with Crippen molar-refractivity contribution in [2.45, 2.75) is 31.3 Å². The van der Waals surface area contributed by atoms with Crippen molar-refractivity contribution < 1.29 is 26.4 Å². The smallest absolute Gasteiger partial charge is 0.323 e. The van der Waals surface area contributed by atoms with E-state index in [1.165, 1.54) is 12.1 Å². The molecule has 0 spiro atoms. The van der Waals surface area contributed by atoms with Crippen molar-refractivity contribution in [2.75, 3.05) is 16.2 Å². The molecule has 0 unspecified atom stereocenters. The van der Waals surface area contributed by atoms with Crippen LogP contribution in [0.3, 0.4) is 0 Å². The van der Waals surface area contributed by atoms with Crippen LogP contribution in [0.2, 0.25) is 5.02 Å². The molecule has 0 aliphatic carbocycles. The third kappa shape index (κ3) is 5.90. The Labute approximate surface area is 201 Å². The maximum atomic E-state index is 13.4. The Balaban J connectivity index is 1.96. The van der Waals surface area contributed by atoms with Gasteiger partial charge in [0.25, 0.3) is 10.0 Å². The van der Waals surface area contributed by atoms with Crippen LogP contribution in [0.1, 0.15) is 23.6 Å². The zero-order valence-corrected chi connectivity index (χ0v) is 19.9. The standard InChI is InChI=1S/C24H22ClF3N2O3S/c1-3-17-6-9-19(10-7-17)30(34(32,33)20-11-4-16(2)5-12-20)15-23(31)29-22-14-18(24(26,27)28)8-13-21(22)25/h4-14H,3,15H2,1-2H3,(H,29,31). The van der Waals surface area contributed by atoms with Gasteiger partial charge in [-0.25, -0.2) is 8.42 Å². The highest BCUT2D eigenvalue weighted by Gasteiger charge is 2.32. The molecular formula is C24H22ClF3N2O3S. The molecule has 1 N–H and O–H groups in total. The molecule has 0 fully saturated rings. The Morgan fingerprint density at radius 1 is 1.00 bits per heavy atom. The second kappa shape index (κ2) is 10.1. The number of halogens is 4. The predicted molar refractivity (Wildman–Crippen MR) is 127 cm³/mol. The lowest BCUT2D eigenvalue weighted by atomic mass is 10.1. The van der Waals surface area contributed by atoms with Gasteiger partial charge >= 0.3 is 6.18 Å². The normalized spacial score (nSPS) is 11.8. The molecule has 5 nitrogen and oxygen atoms in total. The highest BCUT2D eigenvalue weighted by atomic mass is 35.5. The van der Waals surface area contributed by atoms with E-state index in [1.54, 1.807) is 36.4 Å². The Kier molecular flexibility index (Phi) is 7.57. The largest absolute Gasteiger partial charge is 0.416 e. The summed E-state index contributed by atoms with van der Waals surface area (Å²) in [6, 6.07) is 15.3. The summed E-state index contributed by atoms with van der Waals surface area (Å²) >= 11 is 5.96. The van der Waals surface area contributed by atoms with Crippen molar-refractivity contribution in [1.82, 2.24) is 0 Å². The number of rotatable bonds is 7. The number of carbonyl (C=O) groups is 1. The minimum absolute atomic E-state index is 0.0254. The fourth-order valence-electron chi connectivity index (χ4n) is 3.17. The van der Waals surface area contributed by atoms with Gasteiger partial charge in [-0.15, -0.1) is 0 Å². The second-order valence-electron chi connectivity index (χ2n) is 7.59. The van der Waals surface area contributed by atoms with E-state index in [4.69, 9.17) is 11.6 Å². The molecule has 34 heavy (non-hydrogen) atoms. The van der Waals surface area contributed by atoms with Crippen molar-refractivity contribution in [3.8, 4) is 0 Å². The zero-order chi connectivity index (χ0) is 25.1. The number of benzene rings is 3. The number of amides is 1. The van der Waals surface area contributed by atoms with Gasteiger partial charge in [-0.1, -0.05) is 48.4 Å². The van der Waals surface area contributed by atoms with E-state index in [0.29, 0.717) is 6.07 Å². The lowest BCUT2D eigenvalue weighted by molar-refractivity contribution is -0.137. The maximum absolute atomic E-state index is 13.4. The number of anilines is 2. The van der Waals surface area contributed by atoms with Gasteiger partial charge < -0.3 is 5.32 Å². The topological polar surface area (TPSA) is 66.5 Å². The van der Waals surface area contributed by atoms with Gasteiger partial charge in [0.2, 0.25) is 5.91 Å². The Bertz CT molecular complexity index is 1280. The molecule has 3 aromatic rings. The molecule has 0 heterocycles. The minimum atomic E-state index is -4.63. The molecule has 0 radical (unpaired) electrons. The van der Waals surface area contributed by atoms with Crippen LogP contribution in [-0.2, 0) is 27.4 Å². The monoisotopic (exact) mass is 510 g/mol. The number of alkyl halides is 3. The van der Waals surface area contributed by atoms with E-state index in [9.17, 15) is 26.4 Å². The van der Waals surface area contributed by atoms with Crippen LogP contribution < -0.4 is 9.62 Å². The molecule has 0 aromatic heterocycles. The Morgan fingerprint density at radius 3 is 2.18 bits per heavy atom. The Morgan fingerprint density at radius 2 is 1.62 bits per heavy atom. The van der Waals surface area contributed by atoms with Gasteiger partial charge in [-0.2, -0.15) is 13.2 Å². The molecule has 180 valence electrons. The first-order valence-electron chi connectivity index (χ1n) is 10.3. The van der Waals surface area contributed by atoms with Crippen molar-refractivity contribution >= 4 is 38.9 Å². The minimum Gasteiger partial charge on any atom is -0.323 e. The molecule has 0 saturated carbocycles. The number of hydrogen-bond acceptors (Lipinski definition) is 3. The summed E-state index contributed by atoms with van der Waals surface area (Å²) < 4.78 is 66.9. The third-order valence-electron chi connectivity index (χ3n) is 5.10. The van der Waals surface area contributed by atoms with Gasteiger partial charge in [-0.05, 0) is 61.4 Å².